The Morgan fingerprint density at radius 3 is 2.60 bits per heavy atom. The van der Waals surface area contributed by atoms with E-state index in [-0.39, 0.29) is 5.91 Å². The molecule has 5 nitrogen and oxygen atoms in total. The summed E-state index contributed by atoms with van der Waals surface area (Å²) in [6.45, 7) is 8.00. The number of aryl methyl sites for hydroxylation is 2. The van der Waals surface area contributed by atoms with Crippen molar-refractivity contribution in [3.8, 4) is 5.75 Å². The van der Waals surface area contributed by atoms with Gasteiger partial charge in [0.25, 0.3) is 0 Å². The summed E-state index contributed by atoms with van der Waals surface area (Å²) in [6.07, 6.45) is 2.32. The van der Waals surface area contributed by atoms with E-state index in [1.807, 2.05) is 29.2 Å². The van der Waals surface area contributed by atoms with Crippen molar-refractivity contribution < 1.29 is 9.53 Å². The average Bonchev–Trinajstić information content (AvgIpc) is 3.21. The molecule has 1 fully saturated rings. The molecule has 2 aromatic carbocycles. The molecule has 1 amide bonds. The van der Waals surface area contributed by atoms with Gasteiger partial charge in [-0.15, -0.1) is 0 Å². The largest absolute Gasteiger partial charge is 0.494 e. The molecule has 0 atom stereocenters. The number of rotatable bonds is 7. The normalized spacial score (nSPS) is 14.3. The Kier molecular flexibility index (Phi) is 6.53. The molecule has 1 aliphatic heterocycles. The van der Waals surface area contributed by atoms with E-state index in [4.69, 9.17) is 9.72 Å². The Hall–Kier alpha value is -2.60. The van der Waals surface area contributed by atoms with Crippen LogP contribution >= 0.6 is 11.3 Å². The molecule has 30 heavy (non-hydrogen) atoms. The third-order valence-corrected chi connectivity index (χ3v) is 6.66. The number of hydrogen-bond donors (Lipinski definition) is 0. The highest BCUT2D eigenvalue weighted by Gasteiger charge is 2.22. The smallest absolute Gasteiger partial charge is 0.222 e. The van der Waals surface area contributed by atoms with Gasteiger partial charge in [-0.1, -0.05) is 42.0 Å². The molecular weight excluding hydrogens is 394 g/mol. The number of carbonyl (C=O) groups is 1. The second-order valence-electron chi connectivity index (χ2n) is 7.78. The van der Waals surface area contributed by atoms with E-state index < -0.39 is 0 Å². The van der Waals surface area contributed by atoms with Crippen molar-refractivity contribution in [1.29, 1.82) is 0 Å². The van der Waals surface area contributed by atoms with Crippen molar-refractivity contribution in [2.45, 2.75) is 33.1 Å². The molecule has 4 rings (SSSR count). The number of thiazole rings is 1. The number of hydrogen-bond acceptors (Lipinski definition) is 5. The fraction of sp³-hybridized carbons (Fsp3) is 0.417. The van der Waals surface area contributed by atoms with Crippen LogP contribution in [0.2, 0.25) is 0 Å². The number of ether oxygens (including phenoxy) is 1. The molecule has 158 valence electrons. The first-order valence-corrected chi connectivity index (χ1v) is 11.6. The maximum absolute atomic E-state index is 12.5. The van der Waals surface area contributed by atoms with Gasteiger partial charge in [0.2, 0.25) is 5.91 Å². The van der Waals surface area contributed by atoms with E-state index in [9.17, 15) is 4.79 Å². The first-order valence-electron chi connectivity index (χ1n) is 10.7. The summed E-state index contributed by atoms with van der Waals surface area (Å²) in [4.78, 5) is 21.6. The van der Waals surface area contributed by atoms with Gasteiger partial charge in [-0.05, 0) is 49.6 Å². The molecule has 0 N–H and O–H groups in total. The predicted molar refractivity (Wildman–Crippen MR) is 124 cm³/mol. The summed E-state index contributed by atoms with van der Waals surface area (Å²) in [5, 5.41) is 1.07. The second kappa shape index (κ2) is 9.47. The minimum Gasteiger partial charge on any atom is -0.494 e. The van der Waals surface area contributed by atoms with Gasteiger partial charge < -0.3 is 14.5 Å². The summed E-state index contributed by atoms with van der Waals surface area (Å²) in [5.41, 5.74) is 3.63. The standard InChI is InChI=1S/C24H29N3O2S/c1-3-19-8-11-21-22(17-19)30-24(25-21)27-14-12-26(13-15-27)23(28)5-4-16-29-20-9-6-18(2)7-10-20/h6-11,17H,3-5,12-16H2,1-2H3. The van der Waals surface area contributed by atoms with Crippen LogP contribution in [0.5, 0.6) is 5.75 Å². The lowest BCUT2D eigenvalue weighted by Crippen LogP contribution is -2.48. The zero-order chi connectivity index (χ0) is 20.9. The Bertz CT molecular complexity index is 991. The molecule has 2 heterocycles. The van der Waals surface area contributed by atoms with E-state index >= 15 is 0 Å². The van der Waals surface area contributed by atoms with Crippen molar-refractivity contribution >= 4 is 32.6 Å². The lowest BCUT2D eigenvalue weighted by atomic mass is 10.2. The minimum absolute atomic E-state index is 0.221. The van der Waals surface area contributed by atoms with Gasteiger partial charge >= 0.3 is 0 Å². The van der Waals surface area contributed by atoms with Crippen LogP contribution in [0.3, 0.4) is 0 Å². The number of fused-ring (bicyclic) bond motifs is 1. The number of amides is 1. The zero-order valence-electron chi connectivity index (χ0n) is 17.8. The molecule has 0 radical (unpaired) electrons. The fourth-order valence-electron chi connectivity index (χ4n) is 3.67. The average molecular weight is 424 g/mol. The van der Waals surface area contributed by atoms with Crippen molar-refractivity contribution in [2.24, 2.45) is 0 Å². The van der Waals surface area contributed by atoms with E-state index in [1.54, 1.807) is 11.3 Å². The minimum atomic E-state index is 0.221. The molecular formula is C24H29N3O2S. The quantitative estimate of drug-likeness (QED) is 0.518. The van der Waals surface area contributed by atoms with Crippen LogP contribution in [-0.4, -0.2) is 48.6 Å². The molecule has 6 heteroatoms. The first kappa shape index (κ1) is 20.7. The van der Waals surface area contributed by atoms with Crippen molar-refractivity contribution in [3.63, 3.8) is 0 Å². The highest BCUT2D eigenvalue weighted by molar-refractivity contribution is 7.22. The maximum Gasteiger partial charge on any atom is 0.222 e. The molecule has 0 saturated carbocycles. The summed E-state index contributed by atoms with van der Waals surface area (Å²) in [6, 6.07) is 14.5. The molecule has 1 aromatic heterocycles. The van der Waals surface area contributed by atoms with Crippen LogP contribution in [0.25, 0.3) is 10.2 Å². The third-order valence-electron chi connectivity index (χ3n) is 5.58. The van der Waals surface area contributed by atoms with E-state index in [0.717, 1.165) is 55.4 Å². The van der Waals surface area contributed by atoms with E-state index in [1.165, 1.54) is 15.8 Å². The van der Waals surface area contributed by atoms with Crippen LogP contribution in [0.4, 0.5) is 5.13 Å². The summed E-state index contributed by atoms with van der Waals surface area (Å²) < 4.78 is 6.98. The van der Waals surface area contributed by atoms with Crippen LogP contribution < -0.4 is 9.64 Å². The van der Waals surface area contributed by atoms with E-state index in [0.29, 0.717) is 13.0 Å². The lowest BCUT2D eigenvalue weighted by molar-refractivity contribution is -0.131. The number of piperazine rings is 1. The van der Waals surface area contributed by atoms with Gasteiger partial charge in [-0.3, -0.25) is 4.79 Å². The number of nitrogens with zero attached hydrogens (tertiary/aromatic N) is 3. The van der Waals surface area contributed by atoms with Crippen molar-refractivity contribution in [2.75, 3.05) is 37.7 Å². The Morgan fingerprint density at radius 2 is 1.87 bits per heavy atom. The van der Waals surface area contributed by atoms with Crippen LogP contribution in [0.1, 0.15) is 30.9 Å². The molecule has 3 aromatic rings. The summed E-state index contributed by atoms with van der Waals surface area (Å²) in [7, 11) is 0. The van der Waals surface area contributed by atoms with Gasteiger partial charge in [0, 0.05) is 32.6 Å². The van der Waals surface area contributed by atoms with Gasteiger partial charge in [-0.25, -0.2) is 4.98 Å². The monoisotopic (exact) mass is 423 g/mol. The predicted octanol–water partition coefficient (Wildman–Crippen LogP) is 4.67. The number of benzene rings is 2. The van der Waals surface area contributed by atoms with Gasteiger partial charge in [0.15, 0.2) is 5.13 Å². The zero-order valence-corrected chi connectivity index (χ0v) is 18.6. The van der Waals surface area contributed by atoms with Gasteiger partial charge in [0.05, 0.1) is 16.8 Å². The van der Waals surface area contributed by atoms with Crippen LogP contribution in [0, 0.1) is 6.92 Å². The molecule has 0 bridgehead atoms. The van der Waals surface area contributed by atoms with Crippen molar-refractivity contribution in [3.05, 3.63) is 53.6 Å². The first-order chi connectivity index (χ1) is 14.6. The Labute approximate surface area is 182 Å². The molecule has 0 aliphatic carbocycles. The maximum atomic E-state index is 12.5. The second-order valence-corrected chi connectivity index (χ2v) is 8.79. The number of anilines is 1. The number of aromatic nitrogens is 1. The van der Waals surface area contributed by atoms with Gasteiger partial charge in [0.1, 0.15) is 5.75 Å². The summed E-state index contributed by atoms with van der Waals surface area (Å²) in [5.74, 6) is 1.09. The highest BCUT2D eigenvalue weighted by Crippen LogP contribution is 2.30. The lowest BCUT2D eigenvalue weighted by Gasteiger charge is -2.34. The van der Waals surface area contributed by atoms with E-state index in [2.05, 4.69) is 36.9 Å². The van der Waals surface area contributed by atoms with Crippen LogP contribution in [-0.2, 0) is 11.2 Å². The Morgan fingerprint density at radius 1 is 1.10 bits per heavy atom. The summed E-state index contributed by atoms with van der Waals surface area (Å²) >= 11 is 1.75. The molecule has 0 spiro atoms. The third kappa shape index (κ3) is 4.93. The number of carbonyl (C=O) groups excluding carboxylic acids is 1. The van der Waals surface area contributed by atoms with Gasteiger partial charge in [-0.2, -0.15) is 0 Å². The SMILES string of the molecule is CCc1ccc2nc(N3CCN(C(=O)CCCOc4ccc(C)cc4)CC3)sc2c1. The molecule has 0 unspecified atom stereocenters. The topological polar surface area (TPSA) is 45.7 Å². The fourth-order valence-corrected chi connectivity index (χ4v) is 4.75. The molecule has 1 aliphatic rings. The highest BCUT2D eigenvalue weighted by atomic mass is 32.1. The van der Waals surface area contributed by atoms with Crippen molar-refractivity contribution in [1.82, 2.24) is 9.88 Å². The Balaban J connectivity index is 1.23. The molecule has 1 saturated heterocycles. The van der Waals surface area contributed by atoms with Crippen LogP contribution in [0.15, 0.2) is 42.5 Å².